The van der Waals surface area contributed by atoms with Gasteiger partial charge in [0.15, 0.2) is 0 Å². The minimum atomic E-state index is -0.0942. The summed E-state index contributed by atoms with van der Waals surface area (Å²) in [7, 11) is 1.67. The number of halogens is 1. The molecule has 4 nitrogen and oxygen atoms in total. The lowest BCUT2D eigenvalue weighted by atomic mass is 9.99. The van der Waals surface area contributed by atoms with E-state index in [0.717, 1.165) is 25.1 Å². The molecule has 0 N–H and O–H groups in total. The van der Waals surface area contributed by atoms with E-state index in [-0.39, 0.29) is 5.56 Å². The van der Waals surface area contributed by atoms with Gasteiger partial charge in [0.2, 0.25) is 0 Å². The fourth-order valence-corrected chi connectivity index (χ4v) is 3.66. The van der Waals surface area contributed by atoms with E-state index in [1.165, 1.54) is 21.4 Å². The highest BCUT2D eigenvalue weighted by molar-refractivity contribution is 9.10. The zero-order valence-corrected chi connectivity index (χ0v) is 14.7. The molecular formula is C17H20BrN3O. The largest absolute Gasteiger partial charge is 0.362 e. The molecule has 0 bridgehead atoms. The third-order valence-corrected chi connectivity index (χ3v) is 5.28. The molecule has 1 atom stereocenters. The molecule has 1 fully saturated rings. The number of hydrogen-bond donors (Lipinski definition) is 0. The Balaban J connectivity index is 2.02. The van der Waals surface area contributed by atoms with Gasteiger partial charge in [-0.1, -0.05) is 18.2 Å². The molecule has 116 valence electrons. The van der Waals surface area contributed by atoms with Crippen molar-refractivity contribution in [2.24, 2.45) is 7.05 Å². The third kappa shape index (κ3) is 2.58. The number of nitrogens with zero attached hydrogens (tertiary/aromatic N) is 3. The molecule has 2 aromatic rings. The molecule has 1 aliphatic heterocycles. The first kappa shape index (κ1) is 15.3. The molecule has 1 saturated heterocycles. The Hall–Kier alpha value is -1.62. The first-order chi connectivity index (χ1) is 10.5. The zero-order valence-electron chi connectivity index (χ0n) is 13.1. The van der Waals surface area contributed by atoms with E-state index in [4.69, 9.17) is 0 Å². The van der Waals surface area contributed by atoms with Gasteiger partial charge >= 0.3 is 0 Å². The fraction of sp³-hybridized carbons (Fsp3) is 0.412. The molecule has 0 radical (unpaired) electrons. The summed E-state index contributed by atoms with van der Waals surface area (Å²) in [6.07, 6.45) is 4.01. The second-order valence-corrected chi connectivity index (χ2v) is 6.76. The van der Waals surface area contributed by atoms with Crippen LogP contribution in [-0.4, -0.2) is 16.3 Å². The molecule has 0 amide bonds. The first-order valence-electron chi connectivity index (χ1n) is 7.54. The van der Waals surface area contributed by atoms with Crippen LogP contribution in [0.3, 0.4) is 0 Å². The summed E-state index contributed by atoms with van der Waals surface area (Å²) in [4.78, 5) is 14.4. The Morgan fingerprint density at radius 3 is 2.77 bits per heavy atom. The van der Waals surface area contributed by atoms with Crippen LogP contribution in [0.15, 0.2) is 33.7 Å². The van der Waals surface area contributed by atoms with Gasteiger partial charge in [-0.3, -0.25) is 4.79 Å². The van der Waals surface area contributed by atoms with Crippen molar-refractivity contribution in [2.45, 2.75) is 32.7 Å². The van der Waals surface area contributed by atoms with Crippen molar-refractivity contribution in [3.8, 4) is 0 Å². The molecule has 1 aromatic carbocycles. The van der Waals surface area contributed by atoms with Crippen molar-refractivity contribution in [3.63, 3.8) is 0 Å². The van der Waals surface area contributed by atoms with Crippen molar-refractivity contribution in [2.75, 3.05) is 11.4 Å². The van der Waals surface area contributed by atoms with Crippen molar-refractivity contribution >= 4 is 21.6 Å². The van der Waals surface area contributed by atoms with Crippen LogP contribution in [0, 0.1) is 13.8 Å². The van der Waals surface area contributed by atoms with E-state index >= 15 is 0 Å². The van der Waals surface area contributed by atoms with Gasteiger partial charge < -0.3 is 4.90 Å². The lowest BCUT2D eigenvalue weighted by molar-refractivity contribution is 0.680. The van der Waals surface area contributed by atoms with Gasteiger partial charge in [0, 0.05) is 13.6 Å². The SMILES string of the molecule is Cc1ccc(C2CCCN2c2cnn(C)c(=O)c2Br)cc1C. The van der Waals surface area contributed by atoms with Crippen LogP contribution in [0.5, 0.6) is 0 Å². The van der Waals surface area contributed by atoms with Gasteiger partial charge in [-0.25, -0.2) is 4.68 Å². The molecule has 1 unspecified atom stereocenters. The molecule has 3 rings (SSSR count). The van der Waals surface area contributed by atoms with E-state index in [9.17, 15) is 4.79 Å². The zero-order chi connectivity index (χ0) is 15.9. The molecule has 0 spiro atoms. The lowest BCUT2D eigenvalue weighted by Crippen LogP contribution is -2.28. The highest BCUT2D eigenvalue weighted by Crippen LogP contribution is 2.38. The molecule has 2 heterocycles. The Morgan fingerprint density at radius 1 is 1.27 bits per heavy atom. The second kappa shape index (κ2) is 5.88. The number of aryl methyl sites for hydroxylation is 3. The minimum Gasteiger partial charge on any atom is -0.362 e. The monoisotopic (exact) mass is 361 g/mol. The van der Waals surface area contributed by atoms with Gasteiger partial charge in [0.05, 0.1) is 17.9 Å². The van der Waals surface area contributed by atoms with Crippen LogP contribution >= 0.6 is 15.9 Å². The smallest absolute Gasteiger partial charge is 0.282 e. The molecular weight excluding hydrogens is 342 g/mol. The summed E-state index contributed by atoms with van der Waals surface area (Å²) in [5, 5.41) is 4.18. The third-order valence-electron chi connectivity index (χ3n) is 4.54. The predicted molar refractivity (Wildman–Crippen MR) is 92.4 cm³/mol. The Labute approximate surface area is 138 Å². The first-order valence-corrected chi connectivity index (χ1v) is 8.34. The minimum absolute atomic E-state index is 0.0942. The molecule has 5 heteroatoms. The summed E-state index contributed by atoms with van der Waals surface area (Å²) in [5.74, 6) is 0. The average Bonchev–Trinajstić information content (AvgIpc) is 2.97. The Morgan fingerprint density at radius 2 is 2.05 bits per heavy atom. The van der Waals surface area contributed by atoms with Crippen molar-refractivity contribution < 1.29 is 0 Å². The molecule has 0 saturated carbocycles. The maximum atomic E-state index is 12.1. The molecule has 0 aliphatic carbocycles. The standard InChI is InChI=1S/C17H20BrN3O/c1-11-6-7-13(9-12(11)2)14-5-4-8-21(14)15-10-19-20(3)17(22)16(15)18/h6-7,9-10,14H,4-5,8H2,1-3H3. The number of rotatable bonds is 2. The topological polar surface area (TPSA) is 38.1 Å². The predicted octanol–water partition coefficient (Wildman–Crippen LogP) is 3.50. The van der Waals surface area contributed by atoms with Gasteiger partial charge in [0.1, 0.15) is 4.47 Å². The number of anilines is 1. The molecule has 1 aliphatic rings. The summed E-state index contributed by atoms with van der Waals surface area (Å²) < 4.78 is 1.95. The summed E-state index contributed by atoms with van der Waals surface area (Å²) in [5.41, 5.74) is 4.73. The summed E-state index contributed by atoms with van der Waals surface area (Å²) >= 11 is 3.45. The van der Waals surface area contributed by atoms with Crippen molar-refractivity contribution in [1.82, 2.24) is 9.78 Å². The Kier molecular flexibility index (Phi) is 4.08. The average molecular weight is 362 g/mol. The Bertz CT molecular complexity index is 769. The number of aromatic nitrogens is 2. The number of hydrogen-bond acceptors (Lipinski definition) is 3. The second-order valence-electron chi connectivity index (χ2n) is 5.97. The van der Waals surface area contributed by atoms with Gasteiger partial charge in [0.25, 0.3) is 5.56 Å². The van der Waals surface area contributed by atoms with E-state index in [1.807, 2.05) is 0 Å². The quantitative estimate of drug-likeness (QED) is 0.821. The maximum Gasteiger partial charge on any atom is 0.282 e. The van der Waals surface area contributed by atoms with E-state index < -0.39 is 0 Å². The van der Waals surface area contributed by atoms with Crippen LogP contribution in [0.4, 0.5) is 5.69 Å². The summed E-state index contributed by atoms with van der Waals surface area (Å²) in [6.45, 7) is 5.23. The number of benzene rings is 1. The normalized spacial score (nSPS) is 18.0. The van der Waals surface area contributed by atoms with Crippen molar-refractivity contribution in [1.29, 1.82) is 0 Å². The molecule has 22 heavy (non-hydrogen) atoms. The van der Waals surface area contributed by atoms with Crippen LogP contribution < -0.4 is 10.5 Å². The lowest BCUT2D eigenvalue weighted by Gasteiger charge is -2.28. The van der Waals surface area contributed by atoms with Crippen molar-refractivity contribution in [3.05, 3.63) is 55.9 Å². The fourth-order valence-electron chi connectivity index (χ4n) is 3.08. The maximum absolute atomic E-state index is 12.1. The van der Waals surface area contributed by atoms with Crippen LogP contribution in [-0.2, 0) is 7.05 Å². The van der Waals surface area contributed by atoms with Gasteiger partial charge in [-0.05, 0) is 59.3 Å². The highest BCUT2D eigenvalue weighted by Gasteiger charge is 2.28. The van der Waals surface area contributed by atoms with Gasteiger partial charge in [-0.2, -0.15) is 5.10 Å². The van der Waals surface area contributed by atoms with Crippen LogP contribution in [0.2, 0.25) is 0 Å². The van der Waals surface area contributed by atoms with Gasteiger partial charge in [-0.15, -0.1) is 0 Å². The highest BCUT2D eigenvalue weighted by atomic mass is 79.9. The van der Waals surface area contributed by atoms with E-state index in [0.29, 0.717) is 10.5 Å². The summed E-state index contributed by atoms with van der Waals surface area (Å²) in [6, 6.07) is 6.96. The van der Waals surface area contributed by atoms with Crippen LogP contribution in [0.1, 0.15) is 35.6 Å². The van der Waals surface area contributed by atoms with E-state index in [2.05, 4.69) is 58.0 Å². The van der Waals surface area contributed by atoms with E-state index in [1.54, 1.807) is 13.2 Å². The van der Waals surface area contributed by atoms with Crippen LogP contribution in [0.25, 0.3) is 0 Å². The molecule has 1 aromatic heterocycles.